The third-order valence-corrected chi connectivity index (χ3v) is 3.62. The highest BCUT2D eigenvalue weighted by molar-refractivity contribution is 6.20. The summed E-state index contributed by atoms with van der Waals surface area (Å²) < 4.78 is 4.95. The number of hydrogen-bond donors (Lipinski definition) is 4. The topological polar surface area (TPSA) is 116 Å². The number of amides is 2. The molecule has 2 amide bonds. The van der Waals surface area contributed by atoms with Crippen molar-refractivity contribution >= 4 is 11.8 Å². The fourth-order valence-electron chi connectivity index (χ4n) is 2.38. The molecule has 7 nitrogen and oxygen atoms in total. The number of aliphatic hydroxyl groups is 3. The Labute approximate surface area is 121 Å². The molecule has 0 radical (unpaired) electrons. The molecular weight excluding hydrogens is 278 g/mol. The van der Waals surface area contributed by atoms with Gasteiger partial charge in [-0.15, -0.1) is 0 Å². The van der Waals surface area contributed by atoms with Gasteiger partial charge in [0, 0.05) is 17.8 Å². The van der Waals surface area contributed by atoms with Gasteiger partial charge in [-0.2, -0.15) is 0 Å². The number of carbonyl (C=O) groups is 2. The van der Waals surface area contributed by atoms with Crippen molar-refractivity contribution in [3.05, 3.63) is 23.3 Å². The summed E-state index contributed by atoms with van der Waals surface area (Å²) in [5.41, 5.74) is 1.21. The summed E-state index contributed by atoms with van der Waals surface area (Å²) in [6.07, 6.45) is 3.35. The van der Waals surface area contributed by atoms with Crippen LogP contribution >= 0.6 is 0 Å². The van der Waals surface area contributed by atoms with Gasteiger partial charge in [-0.05, 0) is 19.3 Å². The quantitative estimate of drug-likeness (QED) is 0.451. The molecule has 0 aromatic heterocycles. The number of ether oxygens (including phenoxy) is 1. The van der Waals surface area contributed by atoms with Crippen LogP contribution in [0.15, 0.2) is 23.3 Å². The monoisotopic (exact) mass is 297 g/mol. The van der Waals surface area contributed by atoms with Crippen molar-refractivity contribution in [2.24, 2.45) is 0 Å². The Morgan fingerprint density at radius 1 is 1.29 bits per heavy atom. The molecule has 1 saturated heterocycles. The van der Waals surface area contributed by atoms with Gasteiger partial charge in [0.05, 0.1) is 12.7 Å². The van der Waals surface area contributed by atoms with Crippen LogP contribution in [0.5, 0.6) is 0 Å². The van der Waals surface area contributed by atoms with Gasteiger partial charge in [0.1, 0.15) is 12.2 Å². The standard InChI is InChI=1S/C8H7NO2.C6H12O4/c10-7-5-3-1-2-4-6(5)8(11)9-7;7-3-5-6(9)4(8)1-2-10-5/h1,3H,2,4H2,(H,9,10,11);4-9H,1-3H2. The Morgan fingerprint density at radius 3 is 2.67 bits per heavy atom. The molecular formula is C14H19NO6. The second-order valence-electron chi connectivity index (χ2n) is 5.05. The predicted molar refractivity (Wildman–Crippen MR) is 72.0 cm³/mol. The van der Waals surface area contributed by atoms with E-state index in [-0.39, 0.29) is 18.4 Å². The van der Waals surface area contributed by atoms with Crippen LogP contribution in [0, 0.1) is 0 Å². The average Bonchev–Trinajstić information content (AvgIpc) is 2.78. The lowest BCUT2D eigenvalue weighted by Gasteiger charge is -2.30. The molecule has 0 aromatic rings. The highest BCUT2D eigenvalue weighted by Crippen LogP contribution is 2.23. The summed E-state index contributed by atoms with van der Waals surface area (Å²) in [5.74, 6) is -0.463. The first-order valence-corrected chi connectivity index (χ1v) is 6.88. The highest BCUT2D eigenvalue weighted by Gasteiger charge is 2.30. The van der Waals surface area contributed by atoms with Crippen LogP contribution in [0.2, 0.25) is 0 Å². The van der Waals surface area contributed by atoms with Crippen LogP contribution in [-0.2, 0) is 14.3 Å². The number of carbonyl (C=O) groups excluding carboxylic acids is 2. The third-order valence-electron chi connectivity index (χ3n) is 3.62. The van der Waals surface area contributed by atoms with Crippen molar-refractivity contribution in [2.45, 2.75) is 37.6 Å². The number of allylic oxidation sites excluding steroid dienone is 1. The molecule has 3 aliphatic rings. The van der Waals surface area contributed by atoms with Gasteiger partial charge in [-0.3, -0.25) is 14.9 Å². The summed E-state index contributed by atoms with van der Waals surface area (Å²) in [6.45, 7) is 0.168. The van der Waals surface area contributed by atoms with Gasteiger partial charge in [-0.1, -0.05) is 12.2 Å². The lowest BCUT2D eigenvalue weighted by molar-refractivity contribution is -0.147. The van der Waals surface area contributed by atoms with Crippen molar-refractivity contribution in [2.75, 3.05) is 13.2 Å². The summed E-state index contributed by atoms with van der Waals surface area (Å²) in [6, 6.07) is 0. The first-order valence-electron chi connectivity index (χ1n) is 6.88. The fraction of sp³-hybridized carbons (Fsp3) is 0.571. The summed E-state index contributed by atoms with van der Waals surface area (Å²) in [4.78, 5) is 22.0. The smallest absolute Gasteiger partial charge is 0.258 e. The van der Waals surface area contributed by atoms with E-state index in [0.717, 1.165) is 6.42 Å². The van der Waals surface area contributed by atoms with Gasteiger partial charge in [0.25, 0.3) is 11.8 Å². The van der Waals surface area contributed by atoms with E-state index >= 15 is 0 Å². The number of hydrogen-bond acceptors (Lipinski definition) is 6. The minimum Gasteiger partial charge on any atom is -0.394 e. The van der Waals surface area contributed by atoms with Crippen molar-refractivity contribution in [1.82, 2.24) is 5.32 Å². The molecule has 2 aliphatic heterocycles. The van der Waals surface area contributed by atoms with E-state index in [2.05, 4.69) is 5.32 Å². The van der Waals surface area contributed by atoms with Crippen LogP contribution in [0.3, 0.4) is 0 Å². The summed E-state index contributed by atoms with van der Waals surface area (Å²) in [5, 5.41) is 29.0. The van der Waals surface area contributed by atoms with Gasteiger partial charge in [-0.25, -0.2) is 0 Å². The van der Waals surface area contributed by atoms with Crippen LogP contribution in [-0.4, -0.2) is 58.7 Å². The normalized spacial score (nSPS) is 31.5. The molecule has 3 rings (SSSR count). The molecule has 2 heterocycles. The van der Waals surface area contributed by atoms with Gasteiger partial charge >= 0.3 is 0 Å². The summed E-state index contributed by atoms with van der Waals surface area (Å²) in [7, 11) is 0. The van der Waals surface area contributed by atoms with Gasteiger partial charge in [0.15, 0.2) is 0 Å². The molecule has 21 heavy (non-hydrogen) atoms. The van der Waals surface area contributed by atoms with Crippen molar-refractivity contribution < 1.29 is 29.6 Å². The second kappa shape index (κ2) is 6.95. The zero-order chi connectivity index (χ0) is 15.4. The van der Waals surface area contributed by atoms with Crippen LogP contribution in [0.1, 0.15) is 19.3 Å². The fourth-order valence-corrected chi connectivity index (χ4v) is 2.38. The number of imide groups is 1. The lowest BCUT2D eigenvalue weighted by atomic mass is 10.00. The zero-order valence-corrected chi connectivity index (χ0v) is 11.5. The molecule has 0 bridgehead atoms. The van der Waals surface area contributed by atoms with Crippen molar-refractivity contribution in [3.8, 4) is 0 Å². The van der Waals surface area contributed by atoms with Crippen molar-refractivity contribution in [1.29, 1.82) is 0 Å². The second-order valence-corrected chi connectivity index (χ2v) is 5.05. The molecule has 0 saturated carbocycles. The van der Waals surface area contributed by atoms with Crippen molar-refractivity contribution in [3.63, 3.8) is 0 Å². The Morgan fingerprint density at radius 2 is 2.05 bits per heavy atom. The van der Waals surface area contributed by atoms with E-state index in [1.54, 1.807) is 6.08 Å². The zero-order valence-electron chi connectivity index (χ0n) is 11.5. The van der Waals surface area contributed by atoms with E-state index < -0.39 is 18.3 Å². The number of rotatable bonds is 1. The van der Waals surface area contributed by atoms with E-state index in [1.807, 2.05) is 6.08 Å². The minimum atomic E-state index is -0.932. The molecule has 0 aromatic carbocycles. The van der Waals surface area contributed by atoms with Gasteiger partial charge < -0.3 is 20.1 Å². The first kappa shape index (κ1) is 15.8. The maximum absolute atomic E-state index is 11.0. The maximum Gasteiger partial charge on any atom is 0.258 e. The Balaban J connectivity index is 0.000000155. The maximum atomic E-state index is 11.0. The molecule has 1 fully saturated rings. The Bertz CT molecular complexity index is 484. The highest BCUT2D eigenvalue weighted by atomic mass is 16.5. The SMILES string of the molecule is O=C1NC(=O)C2=C1C=CCC2.OCC1OCCC(O)C1O. The van der Waals surface area contributed by atoms with Crippen LogP contribution in [0.25, 0.3) is 0 Å². The molecule has 7 heteroatoms. The summed E-state index contributed by atoms with van der Waals surface area (Å²) >= 11 is 0. The van der Waals surface area contributed by atoms with E-state index in [0.29, 0.717) is 30.6 Å². The van der Waals surface area contributed by atoms with Crippen LogP contribution in [0.4, 0.5) is 0 Å². The molecule has 116 valence electrons. The van der Waals surface area contributed by atoms with Gasteiger partial charge in [0.2, 0.25) is 0 Å². The number of aliphatic hydroxyl groups excluding tert-OH is 3. The van der Waals surface area contributed by atoms with E-state index in [9.17, 15) is 9.59 Å². The molecule has 3 unspecified atom stereocenters. The Kier molecular flexibility index (Phi) is 5.24. The minimum absolute atomic E-state index is 0.214. The molecule has 4 N–H and O–H groups in total. The first-order chi connectivity index (χ1) is 10.0. The molecule has 1 aliphatic carbocycles. The predicted octanol–water partition coefficient (Wildman–Crippen LogP) is -1.22. The number of nitrogens with one attached hydrogen (secondary N) is 1. The van der Waals surface area contributed by atoms with E-state index in [1.165, 1.54) is 0 Å². The average molecular weight is 297 g/mol. The lowest BCUT2D eigenvalue weighted by Crippen LogP contribution is -2.46. The van der Waals surface area contributed by atoms with Crippen LogP contribution < -0.4 is 5.32 Å². The third kappa shape index (κ3) is 3.56. The Hall–Kier alpha value is -1.54. The molecule has 0 spiro atoms. The largest absolute Gasteiger partial charge is 0.394 e. The molecule has 3 atom stereocenters. The van der Waals surface area contributed by atoms with E-state index in [4.69, 9.17) is 20.1 Å².